The van der Waals surface area contributed by atoms with Gasteiger partial charge < -0.3 is 5.11 Å². The molecule has 3 aliphatic rings. The maximum atomic E-state index is 11.0. The molecular formula is C11H18N2O2S. The molecule has 16 heavy (non-hydrogen) atoms. The van der Waals surface area contributed by atoms with E-state index in [0.29, 0.717) is 11.8 Å². The van der Waals surface area contributed by atoms with Gasteiger partial charge in [0.05, 0.1) is 4.87 Å². The fraction of sp³-hybridized carbons (Fsp3) is 0.909. The van der Waals surface area contributed by atoms with Gasteiger partial charge in [0, 0.05) is 24.4 Å². The summed E-state index contributed by atoms with van der Waals surface area (Å²) in [6.45, 7) is 3.29. The molecule has 5 heteroatoms. The Morgan fingerprint density at radius 1 is 1.56 bits per heavy atom. The van der Waals surface area contributed by atoms with E-state index in [0.717, 1.165) is 19.0 Å². The molecule has 0 aromatic rings. The molecule has 0 amide bonds. The van der Waals surface area contributed by atoms with Gasteiger partial charge in [0.2, 0.25) is 0 Å². The predicted octanol–water partition coefficient (Wildman–Crippen LogP) is 0.729. The van der Waals surface area contributed by atoms with Crippen molar-refractivity contribution in [1.82, 2.24) is 10.2 Å². The SMILES string of the molecule is CC1CC2(CN1C1CC1)N[C@@H](C(=O)O)CS2. The summed E-state index contributed by atoms with van der Waals surface area (Å²) in [6.07, 6.45) is 3.73. The van der Waals surface area contributed by atoms with Crippen molar-refractivity contribution in [3.63, 3.8) is 0 Å². The van der Waals surface area contributed by atoms with E-state index in [1.165, 1.54) is 12.8 Å². The molecule has 2 heterocycles. The summed E-state index contributed by atoms with van der Waals surface area (Å²) in [4.78, 5) is 13.5. The molecule has 0 aromatic carbocycles. The van der Waals surface area contributed by atoms with Crippen LogP contribution < -0.4 is 5.32 Å². The molecule has 3 atom stereocenters. The Morgan fingerprint density at radius 3 is 2.88 bits per heavy atom. The van der Waals surface area contributed by atoms with Crippen LogP contribution in [0.15, 0.2) is 0 Å². The largest absolute Gasteiger partial charge is 0.480 e. The highest BCUT2D eigenvalue weighted by atomic mass is 32.2. The average molecular weight is 242 g/mol. The smallest absolute Gasteiger partial charge is 0.321 e. The second kappa shape index (κ2) is 3.62. The second-order valence-electron chi connectivity index (χ2n) is 5.30. The van der Waals surface area contributed by atoms with Crippen LogP contribution in [-0.2, 0) is 4.79 Å². The molecule has 90 valence electrons. The molecule has 0 aromatic heterocycles. The zero-order chi connectivity index (χ0) is 11.3. The van der Waals surface area contributed by atoms with Crippen LogP contribution in [-0.4, -0.2) is 51.3 Å². The Labute approximate surface area is 99.8 Å². The number of aliphatic carboxylic acids is 1. The van der Waals surface area contributed by atoms with Crippen LogP contribution in [0.2, 0.25) is 0 Å². The molecule has 2 N–H and O–H groups in total. The van der Waals surface area contributed by atoms with E-state index in [4.69, 9.17) is 5.11 Å². The van der Waals surface area contributed by atoms with Crippen molar-refractivity contribution in [2.45, 2.75) is 49.2 Å². The zero-order valence-electron chi connectivity index (χ0n) is 9.48. The van der Waals surface area contributed by atoms with Crippen molar-refractivity contribution < 1.29 is 9.90 Å². The number of thioether (sulfide) groups is 1. The molecule has 1 saturated carbocycles. The Bertz CT molecular complexity index is 321. The van der Waals surface area contributed by atoms with Gasteiger partial charge in [-0.1, -0.05) is 0 Å². The van der Waals surface area contributed by atoms with Crippen LogP contribution in [0.25, 0.3) is 0 Å². The average Bonchev–Trinajstić information content (AvgIpc) is 2.91. The Hall–Kier alpha value is -0.260. The number of nitrogens with zero attached hydrogens (tertiary/aromatic N) is 1. The summed E-state index contributed by atoms with van der Waals surface area (Å²) in [5, 5.41) is 12.4. The van der Waals surface area contributed by atoms with Gasteiger partial charge in [0.15, 0.2) is 0 Å². The minimum Gasteiger partial charge on any atom is -0.480 e. The number of hydrogen-bond donors (Lipinski definition) is 2. The van der Waals surface area contributed by atoms with E-state index < -0.39 is 5.97 Å². The summed E-state index contributed by atoms with van der Waals surface area (Å²) in [5.74, 6) is 0.00231. The standard InChI is InChI=1S/C11H18N2O2S/c1-7-4-11(6-13(7)8-2-3-8)12-9(5-16-11)10(14)15/h7-9,12H,2-6H2,1H3,(H,14,15)/t7?,9-,11?/m1/s1. The van der Waals surface area contributed by atoms with E-state index in [-0.39, 0.29) is 10.9 Å². The lowest BCUT2D eigenvalue weighted by molar-refractivity contribution is -0.138. The minimum atomic E-state index is -0.707. The first kappa shape index (κ1) is 10.9. The van der Waals surface area contributed by atoms with Crippen molar-refractivity contribution >= 4 is 17.7 Å². The summed E-state index contributed by atoms with van der Waals surface area (Å²) >= 11 is 1.81. The molecule has 2 saturated heterocycles. The lowest BCUT2D eigenvalue weighted by Gasteiger charge is -2.24. The molecule has 3 fully saturated rings. The molecule has 3 rings (SSSR count). The summed E-state index contributed by atoms with van der Waals surface area (Å²) in [5.41, 5.74) is 0. The van der Waals surface area contributed by atoms with Crippen molar-refractivity contribution in [2.75, 3.05) is 12.3 Å². The highest BCUT2D eigenvalue weighted by Crippen LogP contribution is 2.44. The van der Waals surface area contributed by atoms with Crippen LogP contribution in [0, 0.1) is 0 Å². The van der Waals surface area contributed by atoms with E-state index >= 15 is 0 Å². The second-order valence-corrected chi connectivity index (χ2v) is 6.70. The van der Waals surface area contributed by atoms with Gasteiger partial charge in [-0.3, -0.25) is 15.0 Å². The van der Waals surface area contributed by atoms with Gasteiger partial charge in [-0.2, -0.15) is 0 Å². The fourth-order valence-corrected chi connectivity index (χ4v) is 4.53. The third kappa shape index (κ3) is 1.75. The number of carboxylic acids is 1. The fourth-order valence-electron chi connectivity index (χ4n) is 2.99. The van der Waals surface area contributed by atoms with E-state index in [1.54, 1.807) is 0 Å². The lowest BCUT2D eigenvalue weighted by atomic mass is 10.1. The highest BCUT2D eigenvalue weighted by Gasteiger charge is 2.51. The monoisotopic (exact) mass is 242 g/mol. The number of rotatable bonds is 2. The Balaban J connectivity index is 1.69. The molecule has 1 spiro atoms. The first-order valence-electron chi connectivity index (χ1n) is 6.00. The number of nitrogens with one attached hydrogen (secondary N) is 1. The number of hydrogen-bond acceptors (Lipinski definition) is 4. The van der Waals surface area contributed by atoms with Crippen molar-refractivity contribution in [1.29, 1.82) is 0 Å². The highest BCUT2D eigenvalue weighted by molar-refractivity contribution is 8.01. The maximum Gasteiger partial charge on any atom is 0.321 e. The molecular weight excluding hydrogens is 224 g/mol. The first-order chi connectivity index (χ1) is 7.60. The Kier molecular flexibility index (Phi) is 2.46. The molecule has 1 aliphatic carbocycles. The topological polar surface area (TPSA) is 52.6 Å². The third-order valence-electron chi connectivity index (χ3n) is 3.91. The van der Waals surface area contributed by atoms with Crippen LogP contribution in [0.1, 0.15) is 26.2 Å². The number of likely N-dealkylation sites (tertiary alicyclic amines) is 1. The van der Waals surface area contributed by atoms with Crippen LogP contribution in [0.5, 0.6) is 0 Å². The predicted molar refractivity (Wildman–Crippen MR) is 63.6 cm³/mol. The van der Waals surface area contributed by atoms with Gasteiger partial charge in [0.1, 0.15) is 6.04 Å². The molecule has 0 radical (unpaired) electrons. The van der Waals surface area contributed by atoms with Gasteiger partial charge >= 0.3 is 5.97 Å². The van der Waals surface area contributed by atoms with Gasteiger partial charge in [0.25, 0.3) is 0 Å². The Morgan fingerprint density at radius 2 is 2.31 bits per heavy atom. The van der Waals surface area contributed by atoms with Crippen LogP contribution >= 0.6 is 11.8 Å². The molecule has 0 bridgehead atoms. The van der Waals surface area contributed by atoms with Crippen molar-refractivity contribution in [3.05, 3.63) is 0 Å². The zero-order valence-corrected chi connectivity index (χ0v) is 10.3. The maximum absolute atomic E-state index is 11.0. The molecule has 2 aliphatic heterocycles. The molecule has 4 nitrogen and oxygen atoms in total. The van der Waals surface area contributed by atoms with Gasteiger partial charge in [-0.25, -0.2) is 0 Å². The van der Waals surface area contributed by atoms with Gasteiger partial charge in [-0.05, 0) is 26.2 Å². The van der Waals surface area contributed by atoms with Crippen LogP contribution in [0.3, 0.4) is 0 Å². The normalized spacial score (nSPS) is 44.3. The van der Waals surface area contributed by atoms with E-state index in [9.17, 15) is 4.79 Å². The van der Waals surface area contributed by atoms with Crippen molar-refractivity contribution in [3.8, 4) is 0 Å². The lowest BCUT2D eigenvalue weighted by Crippen LogP contribution is -2.46. The van der Waals surface area contributed by atoms with Crippen LogP contribution in [0.4, 0.5) is 0 Å². The van der Waals surface area contributed by atoms with Gasteiger partial charge in [-0.15, -0.1) is 11.8 Å². The van der Waals surface area contributed by atoms with E-state index in [2.05, 4.69) is 17.1 Å². The summed E-state index contributed by atoms with van der Waals surface area (Å²) in [6, 6.07) is 1.03. The molecule has 2 unspecified atom stereocenters. The quantitative estimate of drug-likeness (QED) is 0.747. The summed E-state index contributed by atoms with van der Waals surface area (Å²) in [7, 11) is 0. The summed E-state index contributed by atoms with van der Waals surface area (Å²) < 4.78 is 0. The van der Waals surface area contributed by atoms with Crippen molar-refractivity contribution in [2.24, 2.45) is 0 Å². The van der Waals surface area contributed by atoms with E-state index in [1.807, 2.05) is 11.8 Å². The number of carbonyl (C=O) groups is 1. The first-order valence-corrected chi connectivity index (χ1v) is 6.98. The number of carboxylic acid groups (broad SMARTS) is 1. The minimum absolute atomic E-state index is 0.0189. The third-order valence-corrected chi connectivity index (χ3v) is 5.37.